The Kier molecular flexibility index (Phi) is 38.1. The van der Waals surface area contributed by atoms with Crippen molar-refractivity contribution < 1.29 is 0 Å². The molecule has 0 aliphatic rings. The van der Waals surface area contributed by atoms with E-state index in [1.807, 2.05) is 0 Å². The molecular formula is C50H108P2. The standard InChI is InChI=1S/C50H108P2/c1-8-15-21-27-33-39-45-51(46-40-34-28-22-16-9-2,47-41-35-29-23-17-10-3)52(14-7,48-42-36-30-24-18-11-4,49-43-37-31-25-19-12-5)50-44-38-32-26-20-13-6/h51H,8-50H2,1-7H3. The Hall–Kier alpha value is 0.860. The Labute approximate surface area is 334 Å². The van der Waals surface area contributed by atoms with E-state index in [4.69, 9.17) is 0 Å². The molecule has 0 spiro atoms. The summed E-state index contributed by atoms with van der Waals surface area (Å²) in [5.41, 5.74) is 0. The van der Waals surface area contributed by atoms with Crippen molar-refractivity contribution in [2.45, 2.75) is 280 Å². The molecule has 0 atom stereocenters. The third kappa shape index (κ3) is 23.2. The maximum atomic E-state index is 2.84. The van der Waals surface area contributed by atoms with Crippen LogP contribution in [-0.4, -0.2) is 43.1 Å². The van der Waals surface area contributed by atoms with Gasteiger partial charge < -0.3 is 0 Å². The SMILES string of the molecule is CCCCCCCC[PH](CCCCCCCC)(CCCCCCCC)P(CC)(CCCCCCCC)(CCCCCCCC)CCCCCCCC. The molecule has 318 valence electrons. The third-order valence-corrected chi connectivity index (χ3v) is 40.1. The summed E-state index contributed by atoms with van der Waals surface area (Å²) >= 11 is 0. The second-order valence-electron chi connectivity index (χ2n) is 18.5. The van der Waals surface area contributed by atoms with Gasteiger partial charge in [0.15, 0.2) is 0 Å². The molecule has 0 heterocycles. The average Bonchev–Trinajstić information content (AvgIpc) is 3.16. The zero-order valence-corrected chi connectivity index (χ0v) is 40.2. The predicted molar refractivity (Wildman–Crippen MR) is 255 cm³/mol. The molecule has 0 aliphatic heterocycles. The Morgan fingerprint density at radius 1 is 0.231 bits per heavy atom. The molecule has 0 bridgehead atoms. The van der Waals surface area contributed by atoms with E-state index in [2.05, 4.69) is 48.5 Å². The van der Waals surface area contributed by atoms with Crippen molar-refractivity contribution in [2.24, 2.45) is 0 Å². The van der Waals surface area contributed by atoms with Crippen molar-refractivity contribution >= 4 is 13.2 Å². The Morgan fingerprint density at radius 3 is 0.635 bits per heavy atom. The quantitative estimate of drug-likeness (QED) is 0.0428. The molecule has 0 radical (unpaired) electrons. The van der Waals surface area contributed by atoms with Crippen molar-refractivity contribution in [1.82, 2.24) is 0 Å². The zero-order chi connectivity index (χ0) is 38.4. The summed E-state index contributed by atoms with van der Waals surface area (Å²) in [6.07, 6.45) is 64.1. The van der Waals surface area contributed by atoms with Crippen LogP contribution in [0.15, 0.2) is 0 Å². The van der Waals surface area contributed by atoms with Gasteiger partial charge in [0.2, 0.25) is 0 Å². The summed E-state index contributed by atoms with van der Waals surface area (Å²) < 4.78 is 0. The van der Waals surface area contributed by atoms with Gasteiger partial charge in [-0.25, -0.2) is 0 Å². The van der Waals surface area contributed by atoms with Gasteiger partial charge in [-0.3, -0.25) is 0 Å². The first-order valence-electron chi connectivity index (χ1n) is 25.5. The van der Waals surface area contributed by atoms with E-state index in [-0.39, 0.29) is 0 Å². The van der Waals surface area contributed by atoms with Gasteiger partial charge in [0.05, 0.1) is 0 Å². The van der Waals surface area contributed by atoms with Crippen LogP contribution in [0.4, 0.5) is 0 Å². The van der Waals surface area contributed by atoms with E-state index in [1.165, 1.54) is 154 Å². The second-order valence-corrected chi connectivity index (χ2v) is 35.1. The molecule has 0 aliphatic carbocycles. The van der Waals surface area contributed by atoms with Crippen LogP contribution in [0.1, 0.15) is 280 Å². The van der Waals surface area contributed by atoms with Crippen molar-refractivity contribution in [1.29, 1.82) is 0 Å². The summed E-state index contributed by atoms with van der Waals surface area (Å²) in [5, 5.41) is 0. The molecule has 0 aromatic carbocycles. The minimum atomic E-state index is -1.92. The summed E-state index contributed by atoms with van der Waals surface area (Å²) in [7, 11) is 0. The minimum absolute atomic E-state index is 1.38. The molecule has 0 saturated carbocycles. The molecule has 0 aromatic rings. The van der Waals surface area contributed by atoms with E-state index >= 15 is 0 Å². The van der Waals surface area contributed by atoms with Gasteiger partial charge in [0, 0.05) is 0 Å². The molecule has 0 saturated heterocycles. The Balaban J connectivity index is 6.98. The topological polar surface area (TPSA) is 0 Å². The van der Waals surface area contributed by atoms with Gasteiger partial charge in [0.25, 0.3) is 0 Å². The van der Waals surface area contributed by atoms with E-state index < -0.39 is 13.2 Å². The molecule has 0 amide bonds. The summed E-state index contributed by atoms with van der Waals surface area (Å²) in [6.45, 7) is 15.7. The van der Waals surface area contributed by atoms with Gasteiger partial charge in [-0.05, 0) is 0 Å². The predicted octanol–water partition coefficient (Wildman–Crippen LogP) is 19.4. The van der Waals surface area contributed by atoms with Gasteiger partial charge >= 0.3 is 336 Å². The first-order valence-corrected chi connectivity index (χ1v) is 31.9. The van der Waals surface area contributed by atoms with Gasteiger partial charge in [-0.2, -0.15) is 0 Å². The summed E-state index contributed by atoms with van der Waals surface area (Å²) in [6, 6.07) is 0. The number of unbranched alkanes of at least 4 members (excludes halogenated alkanes) is 30. The van der Waals surface area contributed by atoms with Gasteiger partial charge in [0.1, 0.15) is 0 Å². The summed E-state index contributed by atoms with van der Waals surface area (Å²) in [4.78, 5) is 0. The third-order valence-electron chi connectivity index (χ3n) is 14.5. The van der Waals surface area contributed by atoms with Crippen molar-refractivity contribution in [3.63, 3.8) is 0 Å². The number of rotatable bonds is 44. The molecule has 0 N–H and O–H groups in total. The molecule has 0 fully saturated rings. The Morgan fingerprint density at radius 2 is 0.423 bits per heavy atom. The number of hydrogen-bond donors (Lipinski definition) is 0. The monoisotopic (exact) mass is 771 g/mol. The van der Waals surface area contributed by atoms with Crippen LogP contribution in [0.3, 0.4) is 0 Å². The van der Waals surface area contributed by atoms with Crippen LogP contribution >= 0.6 is 13.2 Å². The zero-order valence-electron chi connectivity index (χ0n) is 38.4. The molecule has 2 heteroatoms. The first-order chi connectivity index (χ1) is 25.5. The summed E-state index contributed by atoms with van der Waals surface area (Å²) in [5.74, 6) is 0. The number of hydrogen-bond acceptors (Lipinski definition) is 0. The van der Waals surface area contributed by atoms with Crippen LogP contribution in [0.2, 0.25) is 0 Å². The molecule has 0 nitrogen and oxygen atoms in total. The molecule has 0 rings (SSSR count). The van der Waals surface area contributed by atoms with Crippen LogP contribution in [-0.2, 0) is 0 Å². The van der Waals surface area contributed by atoms with Gasteiger partial charge in [-0.1, -0.05) is 0 Å². The fraction of sp³-hybridized carbons (Fsp3) is 1.00. The Bertz CT molecular complexity index is 616. The second kappa shape index (κ2) is 37.4. The molecule has 0 aromatic heterocycles. The van der Waals surface area contributed by atoms with E-state index in [0.717, 1.165) is 0 Å². The molecule has 52 heavy (non-hydrogen) atoms. The van der Waals surface area contributed by atoms with Crippen molar-refractivity contribution in [3.05, 3.63) is 0 Å². The maximum absolute atomic E-state index is 2.84. The fourth-order valence-electron chi connectivity index (χ4n) is 10.8. The van der Waals surface area contributed by atoms with Crippen LogP contribution in [0.25, 0.3) is 0 Å². The van der Waals surface area contributed by atoms with Crippen LogP contribution in [0.5, 0.6) is 0 Å². The van der Waals surface area contributed by atoms with Crippen LogP contribution < -0.4 is 0 Å². The van der Waals surface area contributed by atoms with E-state index in [9.17, 15) is 0 Å². The first kappa shape index (κ1) is 52.9. The van der Waals surface area contributed by atoms with Gasteiger partial charge in [-0.15, -0.1) is 0 Å². The van der Waals surface area contributed by atoms with E-state index in [0.29, 0.717) is 0 Å². The fourth-order valence-corrected chi connectivity index (χ4v) is 37.9. The normalized spacial score (nSPS) is 13.5. The van der Waals surface area contributed by atoms with Crippen LogP contribution in [0, 0.1) is 0 Å². The van der Waals surface area contributed by atoms with Crippen molar-refractivity contribution in [2.75, 3.05) is 43.1 Å². The molecular weight excluding hydrogens is 662 g/mol. The average molecular weight is 771 g/mol. The molecule has 0 unspecified atom stereocenters. The van der Waals surface area contributed by atoms with Crippen molar-refractivity contribution in [3.8, 4) is 0 Å². The van der Waals surface area contributed by atoms with E-state index in [1.54, 1.807) is 120 Å².